The Labute approximate surface area is 205 Å². The summed E-state index contributed by atoms with van der Waals surface area (Å²) in [5, 5.41) is -0.00903. The first-order valence-corrected chi connectivity index (χ1v) is 10.4. The maximum absolute atomic E-state index is 13.5. The van der Waals surface area contributed by atoms with Crippen molar-refractivity contribution in [2.75, 3.05) is 0 Å². The number of aromatic nitrogens is 3. The quantitative estimate of drug-likeness (QED) is 0.405. The third-order valence-corrected chi connectivity index (χ3v) is 4.95. The standard InChI is InChI=1S/C24H13ClFN3O7/c25-16-11-27-19(10-18(16)35-22(32)13-5-2-1-3-6-13)36-23(33)15-8-4-7-14(9-15)21(31)29-12-17(26)20(30)28-24(29)34/h1-12H,(H,28,30,34). The summed E-state index contributed by atoms with van der Waals surface area (Å²) in [7, 11) is 0. The molecule has 0 bridgehead atoms. The topological polar surface area (TPSA) is 137 Å². The molecular formula is C24H13ClFN3O7. The van der Waals surface area contributed by atoms with Gasteiger partial charge in [-0.3, -0.25) is 14.6 Å². The summed E-state index contributed by atoms with van der Waals surface area (Å²) < 4.78 is 24.3. The van der Waals surface area contributed by atoms with Crippen LogP contribution in [0.1, 0.15) is 31.1 Å². The monoisotopic (exact) mass is 509 g/mol. The molecule has 0 saturated heterocycles. The second-order valence-electron chi connectivity index (χ2n) is 7.09. The first-order chi connectivity index (χ1) is 17.2. The fraction of sp³-hybridized carbons (Fsp3) is 0. The van der Waals surface area contributed by atoms with Crippen molar-refractivity contribution in [1.29, 1.82) is 0 Å². The second kappa shape index (κ2) is 10.2. The molecule has 4 rings (SSSR count). The van der Waals surface area contributed by atoms with Crippen LogP contribution in [0.5, 0.6) is 11.6 Å². The second-order valence-corrected chi connectivity index (χ2v) is 7.50. The van der Waals surface area contributed by atoms with Crippen LogP contribution in [0.15, 0.2) is 82.6 Å². The Hall–Kier alpha value is -4.90. The van der Waals surface area contributed by atoms with E-state index in [0.717, 1.165) is 18.3 Å². The van der Waals surface area contributed by atoms with E-state index in [4.69, 9.17) is 21.1 Å². The molecule has 0 saturated carbocycles. The van der Waals surface area contributed by atoms with Crippen molar-refractivity contribution < 1.29 is 28.2 Å². The molecular weight excluding hydrogens is 497 g/mol. The number of esters is 2. The zero-order chi connectivity index (χ0) is 25.8. The van der Waals surface area contributed by atoms with Crippen LogP contribution < -0.4 is 20.7 Å². The average Bonchev–Trinajstić information content (AvgIpc) is 2.88. The van der Waals surface area contributed by atoms with Crippen LogP contribution in [0, 0.1) is 5.82 Å². The van der Waals surface area contributed by atoms with Gasteiger partial charge in [-0.2, -0.15) is 4.39 Å². The van der Waals surface area contributed by atoms with Crippen LogP contribution in [0.3, 0.4) is 0 Å². The summed E-state index contributed by atoms with van der Waals surface area (Å²) in [5.41, 5.74) is -2.43. The van der Waals surface area contributed by atoms with E-state index < -0.39 is 34.9 Å². The molecule has 36 heavy (non-hydrogen) atoms. The number of ether oxygens (including phenoxy) is 2. The van der Waals surface area contributed by atoms with Crippen molar-refractivity contribution >= 4 is 29.4 Å². The molecule has 10 nitrogen and oxygen atoms in total. The zero-order valence-corrected chi connectivity index (χ0v) is 18.7. The smallest absolute Gasteiger partial charge is 0.344 e. The molecule has 0 aliphatic rings. The first-order valence-electron chi connectivity index (χ1n) is 10.0. The Morgan fingerprint density at radius 1 is 0.889 bits per heavy atom. The lowest BCUT2D eigenvalue weighted by atomic mass is 10.1. The van der Waals surface area contributed by atoms with E-state index in [1.54, 1.807) is 35.3 Å². The highest BCUT2D eigenvalue weighted by molar-refractivity contribution is 6.32. The maximum atomic E-state index is 13.5. The first kappa shape index (κ1) is 24.2. The van der Waals surface area contributed by atoms with E-state index in [2.05, 4.69) is 4.98 Å². The molecule has 0 aliphatic heterocycles. The number of hydrogen-bond donors (Lipinski definition) is 1. The Balaban J connectivity index is 1.54. The number of carbonyl (C=O) groups is 3. The van der Waals surface area contributed by atoms with Crippen molar-refractivity contribution in [2.45, 2.75) is 0 Å². The maximum Gasteiger partial charge on any atom is 0.344 e. The van der Waals surface area contributed by atoms with Crippen LogP contribution in [0.2, 0.25) is 5.02 Å². The number of carbonyl (C=O) groups excluding carboxylic acids is 3. The van der Waals surface area contributed by atoms with Gasteiger partial charge in [-0.25, -0.2) is 23.9 Å². The van der Waals surface area contributed by atoms with Crippen molar-refractivity contribution in [1.82, 2.24) is 14.5 Å². The van der Waals surface area contributed by atoms with Gasteiger partial charge in [-0.05, 0) is 30.3 Å². The molecule has 2 heterocycles. The van der Waals surface area contributed by atoms with E-state index in [-0.39, 0.29) is 33.3 Å². The van der Waals surface area contributed by atoms with Gasteiger partial charge in [0.15, 0.2) is 5.75 Å². The summed E-state index contributed by atoms with van der Waals surface area (Å²) in [4.78, 5) is 66.1. The average molecular weight is 510 g/mol. The molecule has 0 unspecified atom stereocenters. The minimum atomic E-state index is -1.34. The number of rotatable bonds is 5. The minimum absolute atomic E-state index is 0.00903. The molecule has 180 valence electrons. The highest BCUT2D eigenvalue weighted by Gasteiger charge is 2.18. The van der Waals surface area contributed by atoms with Gasteiger partial charge in [0.2, 0.25) is 11.7 Å². The summed E-state index contributed by atoms with van der Waals surface area (Å²) in [6.45, 7) is 0. The van der Waals surface area contributed by atoms with Gasteiger partial charge in [0.25, 0.3) is 11.5 Å². The summed E-state index contributed by atoms with van der Waals surface area (Å²) in [6, 6.07) is 14.3. The number of aromatic amines is 1. The Morgan fingerprint density at radius 2 is 1.56 bits per heavy atom. The van der Waals surface area contributed by atoms with E-state index in [1.807, 2.05) is 0 Å². The Morgan fingerprint density at radius 3 is 2.31 bits per heavy atom. The summed E-state index contributed by atoms with van der Waals surface area (Å²) in [5.74, 6) is -4.33. The van der Waals surface area contributed by atoms with Gasteiger partial charge < -0.3 is 9.47 Å². The molecule has 0 amide bonds. The van der Waals surface area contributed by atoms with Crippen LogP contribution in [0.4, 0.5) is 4.39 Å². The molecule has 0 atom stereocenters. The zero-order valence-electron chi connectivity index (χ0n) is 17.9. The number of nitrogens with zero attached hydrogens (tertiary/aromatic N) is 2. The lowest BCUT2D eigenvalue weighted by Gasteiger charge is -2.09. The van der Waals surface area contributed by atoms with E-state index in [0.29, 0.717) is 10.8 Å². The number of pyridine rings is 1. The predicted molar refractivity (Wildman–Crippen MR) is 123 cm³/mol. The molecule has 2 aromatic carbocycles. The third-order valence-electron chi connectivity index (χ3n) is 4.67. The van der Waals surface area contributed by atoms with Crippen molar-refractivity contribution in [2.24, 2.45) is 0 Å². The minimum Gasteiger partial charge on any atom is -0.421 e. The van der Waals surface area contributed by atoms with Crippen molar-refractivity contribution in [3.63, 3.8) is 0 Å². The summed E-state index contributed by atoms with van der Waals surface area (Å²) in [6.07, 6.45) is 1.57. The van der Waals surface area contributed by atoms with Gasteiger partial charge >= 0.3 is 17.6 Å². The number of halogens is 2. The Bertz CT molecular complexity index is 1620. The largest absolute Gasteiger partial charge is 0.421 e. The third kappa shape index (κ3) is 5.26. The van der Waals surface area contributed by atoms with Crippen molar-refractivity contribution in [3.05, 3.63) is 121 Å². The molecule has 4 aromatic rings. The SMILES string of the molecule is O=C(Oc1cc(OC(=O)c2ccccc2)c(Cl)cn1)c1cccc(C(=O)n2cc(F)c(=O)[nH]c2=O)c1. The molecule has 12 heteroatoms. The highest BCUT2D eigenvalue weighted by atomic mass is 35.5. The number of nitrogens with one attached hydrogen (secondary N) is 1. The molecule has 0 spiro atoms. The summed E-state index contributed by atoms with van der Waals surface area (Å²) >= 11 is 6.03. The van der Waals surface area contributed by atoms with E-state index in [1.165, 1.54) is 18.2 Å². The van der Waals surface area contributed by atoms with Gasteiger partial charge in [-0.1, -0.05) is 35.9 Å². The van der Waals surface area contributed by atoms with Crippen LogP contribution in [-0.2, 0) is 0 Å². The fourth-order valence-corrected chi connectivity index (χ4v) is 3.08. The lowest BCUT2D eigenvalue weighted by molar-refractivity contribution is 0.0726. The number of H-pyrrole nitrogens is 1. The van der Waals surface area contributed by atoms with Gasteiger partial charge in [0.05, 0.1) is 23.5 Å². The van der Waals surface area contributed by atoms with Gasteiger partial charge in [0.1, 0.15) is 5.02 Å². The van der Waals surface area contributed by atoms with Crippen molar-refractivity contribution in [3.8, 4) is 11.6 Å². The molecule has 0 fully saturated rings. The molecule has 0 aliphatic carbocycles. The normalized spacial score (nSPS) is 10.5. The van der Waals surface area contributed by atoms with Crippen LogP contribution in [0.25, 0.3) is 0 Å². The van der Waals surface area contributed by atoms with Gasteiger partial charge in [-0.15, -0.1) is 0 Å². The van der Waals surface area contributed by atoms with E-state index >= 15 is 0 Å². The number of benzene rings is 2. The molecule has 2 aromatic heterocycles. The molecule has 1 N–H and O–H groups in total. The van der Waals surface area contributed by atoms with Crippen LogP contribution in [-0.4, -0.2) is 32.4 Å². The highest BCUT2D eigenvalue weighted by Crippen LogP contribution is 2.28. The fourth-order valence-electron chi connectivity index (χ4n) is 2.94. The number of hydrogen-bond acceptors (Lipinski definition) is 8. The predicted octanol–water partition coefficient (Wildman–Crippen LogP) is 2.85. The lowest BCUT2D eigenvalue weighted by Crippen LogP contribution is -2.35. The molecule has 0 radical (unpaired) electrons. The van der Waals surface area contributed by atoms with Gasteiger partial charge in [0, 0.05) is 11.6 Å². The van der Waals surface area contributed by atoms with E-state index in [9.17, 15) is 28.4 Å². The van der Waals surface area contributed by atoms with Crippen LogP contribution >= 0.6 is 11.6 Å². The Kier molecular flexibility index (Phi) is 6.84.